The average molecular weight is 243 g/mol. The molecule has 0 spiro atoms. The van der Waals surface area contributed by atoms with E-state index in [1.54, 1.807) is 11.8 Å². The van der Waals surface area contributed by atoms with Crippen molar-refractivity contribution in [3.63, 3.8) is 0 Å². The molecule has 1 aromatic carbocycles. The van der Waals surface area contributed by atoms with Gasteiger partial charge in [0, 0.05) is 17.8 Å². The number of nitrogens with one attached hydrogen (secondary N) is 1. The molecule has 0 saturated carbocycles. The monoisotopic (exact) mass is 243 g/mol. The minimum absolute atomic E-state index is 0.972. The summed E-state index contributed by atoms with van der Waals surface area (Å²) in [4.78, 5) is 4.67. The molecule has 3 aromatic rings. The van der Waals surface area contributed by atoms with E-state index in [1.165, 1.54) is 10.6 Å². The molecule has 0 unspecified atom stereocenters. The topological polar surface area (TPSA) is 33.1 Å². The van der Waals surface area contributed by atoms with Gasteiger partial charge in [0.1, 0.15) is 10.7 Å². The Morgan fingerprint density at radius 2 is 2.06 bits per heavy atom. The first-order valence-corrected chi connectivity index (χ1v) is 6.62. The lowest BCUT2D eigenvalue weighted by Gasteiger charge is -2.01. The summed E-state index contributed by atoms with van der Waals surface area (Å²) in [5.74, 6) is 1.03. The summed E-state index contributed by atoms with van der Waals surface area (Å²) < 4.78 is 2.04. The Kier molecular flexibility index (Phi) is 2.65. The highest BCUT2D eigenvalue weighted by Crippen LogP contribution is 2.31. The van der Waals surface area contributed by atoms with Crippen molar-refractivity contribution in [2.75, 3.05) is 5.75 Å². The number of hydrogen-bond donors (Lipinski definition) is 1. The van der Waals surface area contributed by atoms with Gasteiger partial charge < -0.3 is 0 Å². The van der Waals surface area contributed by atoms with Crippen molar-refractivity contribution >= 4 is 17.4 Å². The smallest absolute Gasteiger partial charge is 0.154 e. The van der Waals surface area contributed by atoms with Crippen molar-refractivity contribution < 1.29 is 0 Å². The number of H-pyrrole nitrogens is 1. The SMILES string of the molecule is CCSc1c(-c2ccccc2)nc2cc[nH]n12. The molecule has 0 aliphatic rings. The van der Waals surface area contributed by atoms with Crippen LogP contribution in [-0.4, -0.2) is 20.4 Å². The summed E-state index contributed by atoms with van der Waals surface area (Å²) in [6.45, 7) is 2.15. The van der Waals surface area contributed by atoms with Gasteiger partial charge in [-0.2, -0.15) is 0 Å². The van der Waals surface area contributed by atoms with E-state index >= 15 is 0 Å². The molecule has 86 valence electrons. The molecule has 0 radical (unpaired) electrons. The molecule has 0 amide bonds. The van der Waals surface area contributed by atoms with Gasteiger partial charge in [-0.3, -0.25) is 5.10 Å². The molecular formula is C13H13N3S. The highest BCUT2D eigenvalue weighted by molar-refractivity contribution is 7.99. The molecule has 0 atom stereocenters. The zero-order valence-electron chi connectivity index (χ0n) is 9.55. The summed E-state index contributed by atoms with van der Waals surface area (Å²) >= 11 is 1.81. The second kappa shape index (κ2) is 4.30. The van der Waals surface area contributed by atoms with Crippen molar-refractivity contribution in [3.05, 3.63) is 42.6 Å². The lowest BCUT2D eigenvalue weighted by atomic mass is 10.2. The highest BCUT2D eigenvalue weighted by atomic mass is 32.2. The van der Waals surface area contributed by atoms with E-state index in [-0.39, 0.29) is 0 Å². The predicted molar refractivity (Wildman–Crippen MR) is 71.4 cm³/mol. The van der Waals surface area contributed by atoms with Crippen LogP contribution < -0.4 is 0 Å². The van der Waals surface area contributed by atoms with Gasteiger partial charge in [-0.25, -0.2) is 9.50 Å². The van der Waals surface area contributed by atoms with Crippen LogP contribution in [0.25, 0.3) is 16.9 Å². The number of benzene rings is 1. The zero-order valence-corrected chi connectivity index (χ0v) is 10.4. The molecule has 0 bridgehead atoms. The van der Waals surface area contributed by atoms with Crippen molar-refractivity contribution in [2.24, 2.45) is 0 Å². The van der Waals surface area contributed by atoms with E-state index in [0.29, 0.717) is 0 Å². The van der Waals surface area contributed by atoms with Gasteiger partial charge in [0.05, 0.1) is 0 Å². The van der Waals surface area contributed by atoms with E-state index in [2.05, 4.69) is 29.1 Å². The number of thioether (sulfide) groups is 1. The first kappa shape index (κ1) is 10.5. The van der Waals surface area contributed by atoms with Crippen LogP contribution >= 0.6 is 11.8 Å². The van der Waals surface area contributed by atoms with Gasteiger partial charge in [0.2, 0.25) is 0 Å². The van der Waals surface area contributed by atoms with Gasteiger partial charge >= 0.3 is 0 Å². The van der Waals surface area contributed by atoms with Crippen LogP contribution in [0.2, 0.25) is 0 Å². The standard InChI is InChI=1S/C13H13N3S/c1-2-17-13-12(10-6-4-3-5-7-10)15-11-8-9-14-16(11)13/h3-9,14H,2H2,1H3. The highest BCUT2D eigenvalue weighted by Gasteiger charge is 2.14. The number of imidazole rings is 1. The van der Waals surface area contributed by atoms with Gasteiger partial charge in [-0.15, -0.1) is 11.8 Å². The van der Waals surface area contributed by atoms with Gasteiger partial charge in [0.15, 0.2) is 5.65 Å². The maximum Gasteiger partial charge on any atom is 0.154 e. The Hall–Kier alpha value is -1.68. The van der Waals surface area contributed by atoms with E-state index in [9.17, 15) is 0 Å². The summed E-state index contributed by atoms with van der Waals surface area (Å²) in [6, 6.07) is 12.3. The third-order valence-electron chi connectivity index (χ3n) is 2.63. The molecule has 0 fully saturated rings. The van der Waals surface area contributed by atoms with Crippen LogP contribution in [0.1, 0.15) is 6.92 Å². The lowest BCUT2D eigenvalue weighted by molar-refractivity contribution is 0.884. The fourth-order valence-electron chi connectivity index (χ4n) is 1.90. The van der Waals surface area contributed by atoms with Gasteiger partial charge in [0.25, 0.3) is 0 Å². The molecule has 1 N–H and O–H groups in total. The summed E-state index contributed by atoms with van der Waals surface area (Å²) in [5, 5.41) is 4.38. The molecule has 17 heavy (non-hydrogen) atoms. The van der Waals surface area contributed by atoms with Crippen molar-refractivity contribution in [1.82, 2.24) is 14.6 Å². The summed E-state index contributed by atoms with van der Waals surface area (Å²) in [6.07, 6.45) is 1.91. The van der Waals surface area contributed by atoms with Crippen LogP contribution in [0.4, 0.5) is 0 Å². The van der Waals surface area contributed by atoms with E-state index in [1.807, 2.05) is 35.0 Å². The normalized spacial score (nSPS) is 11.1. The molecule has 0 saturated heterocycles. The van der Waals surface area contributed by atoms with E-state index in [0.717, 1.165) is 17.1 Å². The molecule has 0 aliphatic heterocycles. The Bertz CT molecular complexity index is 624. The molecule has 3 nitrogen and oxygen atoms in total. The van der Waals surface area contributed by atoms with E-state index < -0.39 is 0 Å². The second-order valence-corrected chi connectivity index (χ2v) is 4.97. The number of nitrogens with zero attached hydrogens (tertiary/aromatic N) is 2. The third-order valence-corrected chi connectivity index (χ3v) is 3.56. The first-order valence-electron chi connectivity index (χ1n) is 5.64. The number of fused-ring (bicyclic) bond motifs is 1. The molecular weight excluding hydrogens is 230 g/mol. The molecule has 0 aliphatic carbocycles. The fraction of sp³-hybridized carbons (Fsp3) is 0.154. The number of aromatic amines is 1. The summed E-state index contributed by atoms with van der Waals surface area (Å²) in [5.41, 5.74) is 3.20. The van der Waals surface area contributed by atoms with Crippen LogP contribution in [0.5, 0.6) is 0 Å². The molecule has 4 heteroatoms. The first-order chi connectivity index (χ1) is 8.40. The third kappa shape index (κ3) is 1.74. The molecule has 2 heterocycles. The zero-order chi connectivity index (χ0) is 11.7. The van der Waals surface area contributed by atoms with Crippen LogP contribution in [0.15, 0.2) is 47.6 Å². The average Bonchev–Trinajstić information content (AvgIpc) is 2.93. The number of hydrogen-bond acceptors (Lipinski definition) is 2. The maximum atomic E-state index is 4.67. The summed E-state index contributed by atoms with van der Waals surface area (Å²) in [7, 11) is 0. The number of aromatic nitrogens is 3. The Morgan fingerprint density at radius 1 is 1.24 bits per heavy atom. The quantitative estimate of drug-likeness (QED) is 0.715. The minimum atomic E-state index is 0.972. The Morgan fingerprint density at radius 3 is 2.82 bits per heavy atom. The van der Waals surface area contributed by atoms with Crippen molar-refractivity contribution in [3.8, 4) is 11.3 Å². The van der Waals surface area contributed by atoms with Gasteiger partial charge in [-0.1, -0.05) is 37.3 Å². The number of rotatable bonds is 3. The van der Waals surface area contributed by atoms with Crippen LogP contribution in [0.3, 0.4) is 0 Å². The molecule has 3 rings (SSSR count). The van der Waals surface area contributed by atoms with E-state index in [4.69, 9.17) is 0 Å². The second-order valence-electron chi connectivity index (χ2n) is 3.72. The Balaban J connectivity index is 2.21. The molecule has 2 aromatic heterocycles. The van der Waals surface area contributed by atoms with Crippen molar-refractivity contribution in [2.45, 2.75) is 11.9 Å². The van der Waals surface area contributed by atoms with Gasteiger partial charge in [-0.05, 0) is 5.75 Å². The van der Waals surface area contributed by atoms with Crippen molar-refractivity contribution in [1.29, 1.82) is 0 Å². The predicted octanol–water partition coefficient (Wildman–Crippen LogP) is 3.44. The largest absolute Gasteiger partial charge is 0.299 e. The fourth-order valence-corrected chi connectivity index (χ4v) is 2.75. The lowest BCUT2D eigenvalue weighted by Crippen LogP contribution is -1.87. The Labute approximate surface area is 104 Å². The maximum absolute atomic E-state index is 4.67. The van der Waals surface area contributed by atoms with Crippen LogP contribution in [0, 0.1) is 0 Å². The van der Waals surface area contributed by atoms with Crippen LogP contribution in [-0.2, 0) is 0 Å². The minimum Gasteiger partial charge on any atom is -0.299 e.